The average molecular weight is 221 g/mol. The number of methoxy groups -OCH3 is 2. The molecule has 1 aromatic carbocycles. The van der Waals surface area contributed by atoms with E-state index in [1.54, 1.807) is 26.4 Å². The third kappa shape index (κ3) is 2.01. The molecule has 0 aromatic heterocycles. The van der Waals surface area contributed by atoms with Crippen molar-refractivity contribution in [3.8, 4) is 11.5 Å². The van der Waals surface area contributed by atoms with Gasteiger partial charge in [0, 0.05) is 5.56 Å². The van der Waals surface area contributed by atoms with E-state index in [0.717, 1.165) is 5.56 Å². The van der Waals surface area contributed by atoms with Gasteiger partial charge in [-0.3, -0.25) is 0 Å². The van der Waals surface area contributed by atoms with E-state index in [9.17, 15) is 0 Å². The van der Waals surface area contributed by atoms with Gasteiger partial charge in [-0.25, -0.2) is 0 Å². The number of hydrogen-bond acceptors (Lipinski definition) is 2. The summed E-state index contributed by atoms with van der Waals surface area (Å²) < 4.78 is 10.1. The van der Waals surface area contributed by atoms with Gasteiger partial charge in [0.15, 0.2) is 0 Å². The van der Waals surface area contributed by atoms with E-state index in [0.29, 0.717) is 22.4 Å². The summed E-state index contributed by atoms with van der Waals surface area (Å²) >= 11 is 11.7. The Labute approximate surface area is 87.4 Å². The summed E-state index contributed by atoms with van der Waals surface area (Å²) in [6.45, 7) is 0. The molecule has 0 atom stereocenters. The van der Waals surface area contributed by atoms with Crippen LogP contribution in [0.4, 0.5) is 0 Å². The number of rotatable bonds is 3. The fourth-order valence-electron chi connectivity index (χ4n) is 1.06. The van der Waals surface area contributed by atoms with Gasteiger partial charge in [-0.2, -0.15) is 0 Å². The second-order valence-corrected chi connectivity index (χ2v) is 3.04. The van der Waals surface area contributed by atoms with Crippen LogP contribution in [-0.4, -0.2) is 14.2 Å². The average Bonchev–Trinajstić information content (AvgIpc) is 2.17. The lowest BCUT2D eigenvalue weighted by Crippen LogP contribution is -1.93. The first kappa shape index (κ1) is 10.5. The number of ether oxygens (including phenoxy) is 2. The van der Waals surface area contributed by atoms with Crippen molar-refractivity contribution in [2.75, 3.05) is 14.2 Å². The molecule has 0 aliphatic carbocycles. The van der Waals surface area contributed by atoms with Gasteiger partial charge in [-0.15, -0.1) is 11.6 Å². The lowest BCUT2D eigenvalue weighted by atomic mass is 10.2. The molecule has 0 amide bonds. The van der Waals surface area contributed by atoms with Crippen LogP contribution in [0.15, 0.2) is 12.1 Å². The molecular formula is C9H10Cl2O2. The summed E-state index contributed by atoms with van der Waals surface area (Å²) in [4.78, 5) is 0. The third-order valence-corrected chi connectivity index (χ3v) is 2.42. The highest BCUT2D eigenvalue weighted by Crippen LogP contribution is 2.35. The van der Waals surface area contributed by atoms with Gasteiger partial charge >= 0.3 is 0 Å². The lowest BCUT2D eigenvalue weighted by molar-refractivity contribution is 0.400. The van der Waals surface area contributed by atoms with Crippen LogP contribution >= 0.6 is 23.2 Å². The highest BCUT2D eigenvalue weighted by molar-refractivity contribution is 6.34. The van der Waals surface area contributed by atoms with Crippen LogP contribution in [0.25, 0.3) is 0 Å². The summed E-state index contributed by atoms with van der Waals surface area (Å²) in [6, 6.07) is 3.53. The van der Waals surface area contributed by atoms with Crippen molar-refractivity contribution >= 4 is 23.2 Å². The Morgan fingerprint density at radius 2 is 1.69 bits per heavy atom. The monoisotopic (exact) mass is 220 g/mol. The summed E-state index contributed by atoms with van der Waals surface area (Å²) in [6.07, 6.45) is 0. The second kappa shape index (κ2) is 4.58. The maximum absolute atomic E-state index is 6.00. The third-order valence-electron chi connectivity index (χ3n) is 1.74. The summed E-state index contributed by atoms with van der Waals surface area (Å²) in [5.41, 5.74) is 0.755. The Kier molecular flexibility index (Phi) is 3.70. The zero-order valence-electron chi connectivity index (χ0n) is 7.43. The van der Waals surface area contributed by atoms with Crippen LogP contribution in [-0.2, 0) is 5.88 Å². The van der Waals surface area contributed by atoms with Gasteiger partial charge in [0.25, 0.3) is 0 Å². The molecule has 4 heteroatoms. The van der Waals surface area contributed by atoms with Crippen molar-refractivity contribution in [1.29, 1.82) is 0 Å². The van der Waals surface area contributed by atoms with Crippen LogP contribution < -0.4 is 9.47 Å². The summed E-state index contributed by atoms with van der Waals surface area (Å²) in [5.74, 6) is 1.60. The van der Waals surface area contributed by atoms with Crippen LogP contribution in [0.3, 0.4) is 0 Å². The topological polar surface area (TPSA) is 18.5 Å². The molecule has 0 spiro atoms. The molecule has 0 radical (unpaired) electrons. The number of halogens is 2. The first-order valence-corrected chi connectivity index (χ1v) is 4.61. The maximum Gasteiger partial charge on any atom is 0.138 e. The van der Waals surface area contributed by atoms with E-state index in [1.165, 1.54) is 0 Å². The van der Waals surface area contributed by atoms with E-state index < -0.39 is 0 Å². The van der Waals surface area contributed by atoms with Gasteiger partial charge in [0.05, 0.1) is 25.1 Å². The van der Waals surface area contributed by atoms with E-state index in [2.05, 4.69) is 0 Å². The zero-order chi connectivity index (χ0) is 9.84. The van der Waals surface area contributed by atoms with Crippen molar-refractivity contribution in [3.05, 3.63) is 22.7 Å². The molecule has 0 N–H and O–H groups in total. The SMILES string of the molecule is COc1ccc(OC)c(CCl)c1Cl. The molecular weight excluding hydrogens is 211 g/mol. The van der Waals surface area contributed by atoms with Crippen molar-refractivity contribution in [2.45, 2.75) is 5.88 Å². The van der Waals surface area contributed by atoms with Crippen molar-refractivity contribution < 1.29 is 9.47 Å². The fraction of sp³-hybridized carbons (Fsp3) is 0.333. The predicted octanol–water partition coefficient (Wildman–Crippen LogP) is 3.10. The van der Waals surface area contributed by atoms with Gasteiger partial charge in [-0.05, 0) is 12.1 Å². The Morgan fingerprint density at radius 3 is 2.15 bits per heavy atom. The largest absolute Gasteiger partial charge is 0.496 e. The van der Waals surface area contributed by atoms with Crippen molar-refractivity contribution in [3.63, 3.8) is 0 Å². The number of hydrogen-bond donors (Lipinski definition) is 0. The first-order chi connectivity index (χ1) is 6.24. The minimum Gasteiger partial charge on any atom is -0.496 e. The van der Waals surface area contributed by atoms with Gasteiger partial charge < -0.3 is 9.47 Å². The highest BCUT2D eigenvalue weighted by atomic mass is 35.5. The van der Waals surface area contributed by atoms with E-state index in [1.807, 2.05) is 0 Å². The van der Waals surface area contributed by atoms with Crippen LogP contribution in [0.2, 0.25) is 5.02 Å². The molecule has 72 valence electrons. The number of benzene rings is 1. The minimum atomic E-state index is 0.305. The lowest BCUT2D eigenvalue weighted by Gasteiger charge is -2.10. The van der Waals surface area contributed by atoms with Gasteiger partial charge in [-0.1, -0.05) is 11.6 Å². The van der Waals surface area contributed by atoms with Crippen LogP contribution in [0.5, 0.6) is 11.5 Å². The van der Waals surface area contributed by atoms with Crippen LogP contribution in [0.1, 0.15) is 5.56 Å². The highest BCUT2D eigenvalue weighted by Gasteiger charge is 2.11. The molecule has 0 aliphatic rings. The molecule has 0 fully saturated rings. The predicted molar refractivity (Wildman–Crippen MR) is 54.1 cm³/mol. The van der Waals surface area contributed by atoms with Crippen LogP contribution in [0, 0.1) is 0 Å². The Balaban J connectivity index is 3.23. The van der Waals surface area contributed by atoms with Gasteiger partial charge in [0.2, 0.25) is 0 Å². The van der Waals surface area contributed by atoms with E-state index >= 15 is 0 Å². The minimum absolute atomic E-state index is 0.305. The molecule has 1 rings (SSSR count). The Bertz CT molecular complexity index is 300. The smallest absolute Gasteiger partial charge is 0.138 e. The molecule has 0 saturated heterocycles. The quantitative estimate of drug-likeness (QED) is 0.730. The Morgan fingerprint density at radius 1 is 1.15 bits per heavy atom. The van der Waals surface area contributed by atoms with E-state index in [4.69, 9.17) is 32.7 Å². The zero-order valence-corrected chi connectivity index (χ0v) is 8.95. The Hall–Kier alpha value is -0.600. The van der Waals surface area contributed by atoms with Crippen molar-refractivity contribution in [2.24, 2.45) is 0 Å². The molecule has 0 bridgehead atoms. The second-order valence-electron chi connectivity index (χ2n) is 2.40. The summed E-state index contributed by atoms with van der Waals surface area (Å²) in [5, 5.41) is 0.511. The van der Waals surface area contributed by atoms with E-state index in [-0.39, 0.29) is 0 Å². The molecule has 1 aromatic rings. The molecule has 13 heavy (non-hydrogen) atoms. The fourth-order valence-corrected chi connectivity index (χ4v) is 1.69. The molecule has 0 aliphatic heterocycles. The van der Waals surface area contributed by atoms with Gasteiger partial charge in [0.1, 0.15) is 11.5 Å². The van der Waals surface area contributed by atoms with Crippen molar-refractivity contribution in [1.82, 2.24) is 0 Å². The summed E-state index contributed by atoms with van der Waals surface area (Å²) in [7, 11) is 3.14. The standard InChI is InChI=1S/C9H10Cl2O2/c1-12-7-3-4-8(13-2)9(11)6(7)5-10/h3-4H,5H2,1-2H3. The first-order valence-electron chi connectivity index (χ1n) is 3.70. The normalized spacial score (nSPS) is 9.85. The number of alkyl halides is 1. The molecule has 2 nitrogen and oxygen atoms in total. The molecule has 0 heterocycles. The molecule has 0 saturated carbocycles. The maximum atomic E-state index is 6.00. The molecule has 0 unspecified atom stereocenters.